The van der Waals surface area contributed by atoms with Crippen LogP contribution in [-0.4, -0.2) is 22.6 Å². The van der Waals surface area contributed by atoms with E-state index in [1.165, 1.54) is 24.4 Å². The zero-order valence-corrected chi connectivity index (χ0v) is 10.4. The van der Waals surface area contributed by atoms with Gasteiger partial charge in [-0.05, 0) is 43.3 Å². The Hall–Kier alpha value is -2.43. The van der Waals surface area contributed by atoms with Crippen LogP contribution in [0.25, 0.3) is 0 Å². The number of rotatable bonds is 4. The SMILES string of the molecule is CCN(c1ccc(F)cc1)c1ccnc(C(=O)O)c1. The summed E-state index contributed by atoms with van der Waals surface area (Å²) >= 11 is 0. The first-order chi connectivity index (χ1) is 9.11. The lowest BCUT2D eigenvalue weighted by molar-refractivity contribution is 0.0690. The second-order valence-electron chi connectivity index (χ2n) is 3.93. The van der Waals surface area contributed by atoms with Gasteiger partial charge in [0, 0.05) is 24.1 Å². The van der Waals surface area contributed by atoms with Crippen LogP contribution < -0.4 is 4.90 Å². The van der Waals surface area contributed by atoms with Crippen molar-refractivity contribution in [2.45, 2.75) is 6.92 Å². The highest BCUT2D eigenvalue weighted by atomic mass is 19.1. The van der Waals surface area contributed by atoms with Gasteiger partial charge in [0.1, 0.15) is 11.5 Å². The van der Waals surface area contributed by atoms with E-state index in [-0.39, 0.29) is 11.5 Å². The molecule has 1 heterocycles. The molecule has 0 fully saturated rings. The Morgan fingerprint density at radius 2 is 1.95 bits per heavy atom. The summed E-state index contributed by atoms with van der Waals surface area (Å²) < 4.78 is 12.9. The van der Waals surface area contributed by atoms with Gasteiger partial charge in [0.25, 0.3) is 0 Å². The first kappa shape index (κ1) is 13.0. The number of carbonyl (C=O) groups is 1. The van der Waals surface area contributed by atoms with Crippen molar-refractivity contribution in [1.82, 2.24) is 4.98 Å². The molecule has 0 atom stereocenters. The molecule has 0 amide bonds. The van der Waals surface area contributed by atoms with Gasteiger partial charge in [0.2, 0.25) is 0 Å². The Morgan fingerprint density at radius 1 is 1.26 bits per heavy atom. The average Bonchev–Trinajstić information content (AvgIpc) is 2.42. The molecule has 19 heavy (non-hydrogen) atoms. The fourth-order valence-corrected chi connectivity index (χ4v) is 1.84. The van der Waals surface area contributed by atoms with Gasteiger partial charge in [-0.25, -0.2) is 14.2 Å². The maximum absolute atomic E-state index is 12.9. The van der Waals surface area contributed by atoms with Gasteiger partial charge in [0.15, 0.2) is 0 Å². The monoisotopic (exact) mass is 260 g/mol. The van der Waals surface area contributed by atoms with E-state index in [4.69, 9.17) is 5.11 Å². The van der Waals surface area contributed by atoms with Gasteiger partial charge < -0.3 is 10.0 Å². The van der Waals surface area contributed by atoms with E-state index in [1.807, 2.05) is 11.8 Å². The highest BCUT2D eigenvalue weighted by molar-refractivity contribution is 5.86. The molecule has 2 rings (SSSR count). The van der Waals surface area contributed by atoms with Crippen LogP contribution >= 0.6 is 0 Å². The fraction of sp³-hybridized carbons (Fsp3) is 0.143. The number of hydrogen-bond acceptors (Lipinski definition) is 3. The summed E-state index contributed by atoms with van der Waals surface area (Å²) in [5.41, 5.74) is 1.49. The summed E-state index contributed by atoms with van der Waals surface area (Å²) in [6.07, 6.45) is 1.45. The molecule has 98 valence electrons. The Balaban J connectivity index is 2.39. The molecule has 1 aromatic carbocycles. The number of benzene rings is 1. The highest BCUT2D eigenvalue weighted by Gasteiger charge is 2.11. The van der Waals surface area contributed by atoms with Crippen LogP contribution in [0.1, 0.15) is 17.4 Å². The molecule has 0 radical (unpaired) electrons. The molecule has 2 aromatic rings. The minimum absolute atomic E-state index is 0.0157. The first-order valence-corrected chi connectivity index (χ1v) is 5.84. The Labute approximate surface area is 110 Å². The molecule has 0 saturated heterocycles. The van der Waals surface area contributed by atoms with Gasteiger partial charge in [0.05, 0.1) is 0 Å². The summed E-state index contributed by atoms with van der Waals surface area (Å²) in [5.74, 6) is -1.38. The standard InChI is InChI=1S/C14H13FN2O2/c1-2-17(11-5-3-10(15)4-6-11)12-7-8-16-13(9-12)14(18)19/h3-9H,2H2,1H3,(H,18,19). The molecule has 0 aliphatic carbocycles. The molecule has 0 aliphatic rings. The Kier molecular flexibility index (Phi) is 3.75. The number of halogens is 1. The molecule has 0 unspecified atom stereocenters. The largest absolute Gasteiger partial charge is 0.477 e. The van der Waals surface area contributed by atoms with E-state index in [9.17, 15) is 9.18 Å². The molecule has 5 heteroatoms. The molecular weight excluding hydrogens is 247 g/mol. The number of pyridine rings is 1. The Morgan fingerprint density at radius 3 is 2.53 bits per heavy atom. The third-order valence-electron chi connectivity index (χ3n) is 2.73. The number of hydrogen-bond donors (Lipinski definition) is 1. The normalized spacial score (nSPS) is 10.2. The van der Waals surface area contributed by atoms with Crippen molar-refractivity contribution in [1.29, 1.82) is 0 Å². The second-order valence-corrected chi connectivity index (χ2v) is 3.93. The maximum Gasteiger partial charge on any atom is 0.354 e. The van der Waals surface area contributed by atoms with Gasteiger partial charge in [-0.2, -0.15) is 0 Å². The fourth-order valence-electron chi connectivity index (χ4n) is 1.84. The number of aromatic carboxylic acids is 1. The minimum Gasteiger partial charge on any atom is -0.477 e. The van der Waals surface area contributed by atoms with Crippen molar-refractivity contribution in [2.24, 2.45) is 0 Å². The van der Waals surface area contributed by atoms with E-state index in [2.05, 4.69) is 4.98 Å². The van der Waals surface area contributed by atoms with E-state index < -0.39 is 5.97 Å². The predicted molar refractivity (Wildman–Crippen MR) is 70.3 cm³/mol. The highest BCUT2D eigenvalue weighted by Crippen LogP contribution is 2.25. The van der Waals surface area contributed by atoms with Gasteiger partial charge in [-0.15, -0.1) is 0 Å². The van der Waals surface area contributed by atoms with Crippen molar-refractivity contribution in [3.8, 4) is 0 Å². The number of carboxylic acids is 1. The smallest absolute Gasteiger partial charge is 0.354 e. The molecule has 4 nitrogen and oxygen atoms in total. The summed E-state index contributed by atoms with van der Waals surface area (Å²) in [7, 11) is 0. The zero-order valence-electron chi connectivity index (χ0n) is 10.4. The van der Waals surface area contributed by atoms with E-state index in [0.29, 0.717) is 12.2 Å². The van der Waals surface area contributed by atoms with Crippen LogP contribution in [0.3, 0.4) is 0 Å². The summed E-state index contributed by atoms with van der Waals surface area (Å²) in [6.45, 7) is 2.57. The molecule has 0 saturated carbocycles. The first-order valence-electron chi connectivity index (χ1n) is 5.84. The number of anilines is 2. The van der Waals surface area contributed by atoms with Crippen molar-refractivity contribution in [3.63, 3.8) is 0 Å². The third-order valence-corrected chi connectivity index (χ3v) is 2.73. The van der Waals surface area contributed by atoms with Gasteiger partial charge in [-0.1, -0.05) is 0 Å². The topological polar surface area (TPSA) is 53.4 Å². The van der Waals surface area contributed by atoms with Crippen LogP contribution in [-0.2, 0) is 0 Å². The van der Waals surface area contributed by atoms with E-state index in [0.717, 1.165) is 5.69 Å². The van der Waals surface area contributed by atoms with Gasteiger partial charge >= 0.3 is 5.97 Å². The quantitative estimate of drug-likeness (QED) is 0.917. The summed E-state index contributed by atoms with van der Waals surface area (Å²) in [6, 6.07) is 9.27. The number of nitrogens with zero attached hydrogens (tertiary/aromatic N) is 2. The third kappa shape index (κ3) is 2.88. The van der Waals surface area contributed by atoms with Crippen LogP contribution in [0.2, 0.25) is 0 Å². The van der Waals surface area contributed by atoms with Crippen LogP contribution in [0.5, 0.6) is 0 Å². The molecule has 0 bridgehead atoms. The maximum atomic E-state index is 12.9. The van der Waals surface area contributed by atoms with Crippen LogP contribution in [0.4, 0.5) is 15.8 Å². The van der Waals surface area contributed by atoms with Crippen molar-refractivity contribution in [2.75, 3.05) is 11.4 Å². The van der Waals surface area contributed by atoms with Crippen LogP contribution in [0.15, 0.2) is 42.6 Å². The molecule has 0 aliphatic heterocycles. The number of carboxylic acid groups (broad SMARTS) is 1. The van der Waals surface area contributed by atoms with Crippen molar-refractivity contribution < 1.29 is 14.3 Å². The number of aromatic nitrogens is 1. The summed E-state index contributed by atoms with van der Waals surface area (Å²) in [4.78, 5) is 16.6. The average molecular weight is 260 g/mol. The lowest BCUT2D eigenvalue weighted by atomic mass is 10.2. The van der Waals surface area contributed by atoms with E-state index in [1.54, 1.807) is 18.2 Å². The molecular formula is C14H13FN2O2. The second kappa shape index (κ2) is 5.48. The molecule has 1 N–H and O–H groups in total. The molecule has 1 aromatic heterocycles. The van der Waals surface area contributed by atoms with E-state index >= 15 is 0 Å². The van der Waals surface area contributed by atoms with Crippen molar-refractivity contribution >= 4 is 17.3 Å². The Bertz CT molecular complexity index is 584. The van der Waals surface area contributed by atoms with Gasteiger partial charge in [-0.3, -0.25) is 0 Å². The van der Waals surface area contributed by atoms with Crippen LogP contribution in [0, 0.1) is 5.82 Å². The summed E-state index contributed by atoms with van der Waals surface area (Å²) in [5, 5.41) is 8.94. The molecule has 0 spiro atoms. The minimum atomic E-state index is -1.07. The predicted octanol–water partition coefficient (Wildman–Crippen LogP) is 3.08. The lowest BCUT2D eigenvalue weighted by Gasteiger charge is -2.23. The van der Waals surface area contributed by atoms with Crippen molar-refractivity contribution in [3.05, 3.63) is 54.1 Å². The zero-order chi connectivity index (χ0) is 13.8. The lowest BCUT2D eigenvalue weighted by Crippen LogP contribution is -2.16.